The molecule has 1 heterocycles. The molecule has 1 saturated heterocycles. The summed E-state index contributed by atoms with van der Waals surface area (Å²) in [6.07, 6.45) is -3.28. The molecule has 1 aliphatic rings. The minimum atomic E-state index is -4.39. The number of para-hydroxylation sites is 1. The molecule has 7 nitrogen and oxygen atoms in total. The summed E-state index contributed by atoms with van der Waals surface area (Å²) in [6, 6.07) is 11.7. The first-order valence-corrected chi connectivity index (χ1v) is 9.49. The van der Waals surface area contributed by atoms with Crippen LogP contribution in [0.4, 0.5) is 24.5 Å². The average Bonchev–Trinajstić information content (AvgIpc) is 2.68. The first-order chi connectivity index (χ1) is 14.2. The summed E-state index contributed by atoms with van der Waals surface area (Å²) in [7, 11) is 0. The van der Waals surface area contributed by atoms with Crippen LogP contribution in [0.2, 0.25) is 0 Å². The number of piperidine rings is 1. The van der Waals surface area contributed by atoms with Crippen LogP contribution in [0.5, 0.6) is 0 Å². The maximum absolute atomic E-state index is 12.7. The predicted molar refractivity (Wildman–Crippen MR) is 110 cm³/mol. The number of rotatable bonds is 6. The number of nitrogens with one attached hydrogen (secondary N) is 2. The number of amidine groups is 1. The van der Waals surface area contributed by atoms with Gasteiger partial charge < -0.3 is 21.5 Å². The third-order valence-corrected chi connectivity index (χ3v) is 4.92. The zero-order valence-corrected chi connectivity index (χ0v) is 16.3. The summed E-state index contributed by atoms with van der Waals surface area (Å²) in [5.41, 5.74) is 6.02. The Kier molecular flexibility index (Phi) is 6.49. The van der Waals surface area contributed by atoms with E-state index in [9.17, 15) is 18.3 Å². The van der Waals surface area contributed by atoms with Crippen LogP contribution in [-0.2, 0) is 6.18 Å². The molecule has 1 fully saturated rings. The van der Waals surface area contributed by atoms with Crippen molar-refractivity contribution in [2.45, 2.75) is 24.6 Å². The average molecular weight is 422 g/mol. The van der Waals surface area contributed by atoms with Crippen LogP contribution in [0.3, 0.4) is 0 Å². The number of hydrogen-bond donors (Lipinski definition) is 5. The molecule has 0 amide bonds. The van der Waals surface area contributed by atoms with Gasteiger partial charge in [0, 0.05) is 16.9 Å². The van der Waals surface area contributed by atoms with Crippen LogP contribution in [-0.4, -0.2) is 41.3 Å². The summed E-state index contributed by atoms with van der Waals surface area (Å²) in [6.45, 7) is 1.52. The number of hydrogen-bond acceptors (Lipinski definition) is 6. The van der Waals surface area contributed by atoms with Gasteiger partial charge in [-0.2, -0.15) is 13.2 Å². The van der Waals surface area contributed by atoms with Crippen molar-refractivity contribution in [3.8, 4) is 0 Å². The van der Waals surface area contributed by atoms with Crippen molar-refractivity contribution >= 4 is 17.2 Å². The Morgan fingerprint density at radius 2 is 1.77 bits per heavy atom. The molecule has 0 aromatic heterocycles. The summed E-state index contributed by atoms with van der Waals surface area (Å²) < 4.78 is 38.2. The van der Waals surface area contributed by atoms with E-state index in [4.69, 9.17) is 11.6 Å². The zero-order chi connectivity index (χ0) is 21.8. The first kappa shape index (κ1) is 21.9. The van der Waals surface area contributed by atoms with Gasteiger partial charge in [-0.3, -0.25) is 0 Å². The lowest BCUT2D eigenvalue weighted by atomic mass is 9.93. The molecule has 10 heteroatoms. The highest BCUT2D eigenvalue weighted by Gasteiger charge is 2.31. The monoisotopic (exact) mass is 422 g/mol. The van der Waals surface area contributed by atoms with Crippen LogP contribution in [0.25, 0.3) is 0 Å². The normalized spacial score (nSPS) is 16.9. The number of anilines is 2. The van der Waals surface area contributed by atoms with E-state index in [-0.39, 0.29) is 12.4 Å². The van der Waals surface area contributed by atoms with E-state index in [1.165, 1.54) is 12.1 Å². The lowest BCUT2D eigenvalue weighted by Gasteiger charge is -2.34. The molecule has 0 radical (unpaired) electrons. The quantitative estimate of drug-likeness (QED) is 0.212. The highest BCUT2D eigenvalue weighted by atomic mass is 19.4. The Bertz CT molecular complexity index is 879. The SMILES string of the molecule is N/C(=N\N(N)CC1(O)CCNCC1)c1ccccc1Nc1ccc(C(F)(F)F)cc1. The summed E-state index contributed by atoms with van der Waals surface area (Å²) in [5.74, 6) is 6.06. The number of nitrogens with zero attached hydrogens (tertiary/aromatic N) is 2. The second kappa shape index (κ2) is 8.90. The Morgan fingerprint density at radius 3 is 2.40 bits per heavy atom. The fourth-order valence-electron chi connectivity index (χ4n) is 3.29. The third kappa shape index (κ3) is 5.62. The molecule has 1 aliphatic heterocycles. The molecule has 0 unspecified atom stereocenters. The van der Waals surface area contributed by atoms with Crippen LogP contribution in [0.1, 0.15) is 24.0 Å². The van der Waals surface area contributed by atoms with Crippen molar-refractivity contribution in [2.24, 2.45) is 16.7 Å². The highest BCUT2D eigenvalue weighted by Crippen LogP contribution is 2.30. The lowest BCUT2D eigenvalue weighted by molar-refractivity contribution is -0.137. The van der Waals surface area contributed by atoms with E-state index in [1.54, 1.807) is 24.3 Å². The lowest BCUT2D eigenvalue weighted by Crippen LogP contribution is -2.50. The number of hydrazine groups is 1. The number of alkyl halides is 3. The van der Waals surface area contributed by atoms with Gasteiger partial charge in [-0.1, -0.05) is 12.1 Å². The number of benzene rings is 2. The second-order valence-electron chi connectivity index (χ2n) is 7.30. The van der Waals surface area contributed by atoms with Crippen molar-refractivity contribution in [3.05, 3.63) is 59.7 Å². The summed E-state index contributed by atoms with van der Waals surface area (Å²) >= 11 is 0. The third-order valence-electron chi connectivity index (χ3n) is 4.92. The van der Waals surface area contributed by atoms with E-state index in [0.29, 0.717) is 42.9 Å². The Labute approximate surface area is 172 Å². The van der Waals surface area contributed by atoms with E-state index in [0.717, 1.165) is 17.3 Å². The molecule has 0 aliphatic carbocycles. The van der Waals surface area contributed by atoms with Gasteiger partial charge in [-0.15, -0.1) is 5.10 Å². The molecule has 3 rings (SSSR count). The van der Waals surface area contributed by atoms with Crippen LogP contribution in [0.15, 0.2) is 53.6 Å². The largest absolute Gasteiger partial charge is 0.416 e. The van der Waals surface area contributed by atoms with Crippen molar-refractivity contribution in [2.75, 3.05) is 25.0 Å². The van der Waals surface area contributed by atoms with Crippen LogP contribution < -0.4 is 22.2 Å². The van der Waals surface area contributed by atoms with Gasteiger partial charge in [0.15, 0.2) is 5.84 Å². The van der Waals surface area contributed by atoms with E-state index in [1.807, 2.05) is 0 Å². The molecule has 0 saturated carbocycles. The number of nitrogens with two attached hydrogens (primary N) is 2. The Hall–Kier alpha value is -2.82. The Morgan fingerprint density at radius 1 is 1.13 bits per heavy atom. The van der Waals surface area contributed by atoms with Crippen LogP contribution in [0, 0.1) is 0 Å². The van der Waals surface area contributed by atoms with E-state index >= 15 is 0 Å². The molecule has 162 valence electrons. The fourth-order valence-corrected chi connectivity index (χ4v) is 3.29. The number of aliphatic hydroxyl groups is 1. The molecule has 2 aromatic rings. The maximum atomic E-state index is 12.7. The van der Waals surface area contributed by atoms with E-state index < -0.39 is 17.3 Å². The first-order valence-electron chi connectivity index (χ1n) is 9.49. The van der Waals surface area contributed by atoms with Gasteiger partial charge in [0.1, 0.15) is 0 Å². The topological polar surface area (TPSA) is 112 Å². The Balaban J connectivity index is 1.74. The molecule has 0 spiro atoms. The van der Waals surface area contributed by atoms with Gasteiger partial charge in [0.25, 0.3) is 0 Å². The molecule has 2 aromatic carbocycles. The minimum absolute atomic E-state index is 0.116. The highest BCUT2D eigenvalue weighted by molar-refractivity contribution is 6.02. The molecule has 0 atom stereocenters. The van der Waals surface area contributed by atoms with Gasteiger partial charge in [0.2, 0.25) is 0 Å². The van der Waals surface area contributed by atoms with Crippen molar-refractivity contribution in [1.29, 1.82) is 0 Å². The van der Waals surface area contributed by atoms with Crippen LogP contribution >= 0.6 is 0 Å². The molecule has 30 heavy (non-hydrogen) atoms. The van der Waals surface area contributed by atoms with E-state index in [2.05, 4.69) is 15.7 Å². The predicted octanol–water partition coefficient (Wildman–Crippen LogP) is 2.36. The summed E-state index contributed by atoms with van der Waals surface area (Å²) in [5, 5.41) is 22.1. The van der Waals surface area contributed by atoms with Crippen molar-refractivity contribution in [1.82, 2.24) is 10.4 Å². The number of halogens is 3. The van der Waals surface area contributed by atoms with Gasteiger partial charge in [-0.25, -0.2) is 11.0 Å². The van der Waals surface area contributed by atoms with Crippen molar-refractivity contribution in [3.63, 3.8) is 0 Å². The van der Waals surface area contributed by atoms with Gasteiger partial charge in [0.05, 0.1) is 17.7 Å². The maximum Gasteiger partial charge on any atom is 0.416 e. The second-order valence-corrected chi connectivity index (χ2v) is 7.30. The molecular formula is C20H25F3N6O. The van der Waals surface area contributed by atoms with Gasteiger partial charge >= 0.3 is 6.18 Å². The summed E-state index contributed by atoms with van der Waals surface area (Å²) in [4.78, 5) is 0. The zero-order valence-electron chi connectivity index (χ0n) is 16.3. The molecular weight excluding hydrogens is 397 g/mol. The standard InChI is InChI=1S/C20H25F3N6O/c21-20(22,23)14-5-7-15(8-6-14)27-17-4-2-1-3-16(17)18(24)28-29(25)13-19(30)9-11-26-12-10-19/h1-8,26-27,30H,9-13,25H2,(H2,24,28). The smallest absolute Gasteiger partial charge is 0.388 e. The number of hydrazone groups is 1. The van der Waals surface area contributed by atoms with Gasteiger partial charge in [-0.05, 0) is 62.3 Å². The molecule has 7 N–H and O–H groups in total. The van der Waals surface area contributed by atoms with Crippen molar-refractivity contribution < 1.29 is 18.3 Å². The minimum Gasteiger partial charge on any atom is -0.388 e. The fraction of sp³-hybridized carbons (Fsp3) is 0.350. The molecule has 0 bridgehead atoms.